The van der Waals surface area contributed by atoms with E-state index in [-0.39, 0.29) is 6.61 Å². The Hall–Kier alpha value is -1.91. The molecule has 0 fully saturated rings. The van der Waals surface area contributed by atoms with Gasteiger partial charge in [-0.1, -0.05) is 36.4 Å². The van der Waals surface area contributed by atoms with Crippen LogP contribution in [0.4, 0.5) is 0 Å². The zero-order valence-electron chi connectivity index (χ0n) is 10.7. The van der Waals surface area contributed by atoms with Crippen molar-refractivity contribution in [2.75, 3.05) is 13.2 Å². The quantitative estimate of drug-likeness (QED) is 0.819. The lowest BCUT2D eigenvalue weighted by molar-refractivity contribution is -0.170. The number of carbonyl (C=O) groups is 1. The Balaban J connectivity index is 2.48. The molecule has 0 aromatic heterocycles. The number of benzene rings is 2. The molecule has 0 bridgehead atoms. The average molecular weight is 260 g/mol. The minimum Gasteiger partial charge on any atom is -0.464 e. The second-order valence-electron chi connectivity index (χ2n) is 4.30. The minimum absolute atomic E-state index is 0.148. The summed E-state index contributed by atoms with van der Waals surface area (Å²) in [7, 11) is 0. The van der Waals surface area contributed by atoms with Gasteiger partial charge in [-0.2, -0.15) is 0 Å². The maximum Gasteiger partial charge on any atom is 0.345 e. The smallest absolute Gasteiger partial charge is 0.345 e. The number of fused-ring (bicyclic) bond motifs is 1. The lowest BCUT2D eigenvalue weighted by atomic mass is 9.92. The van der Waals surface area contributed by atoms with Crippen LogP contribution in [0.25, 0.3) is 10.8 Å². The second kappa shape index (κ2) is 5.38. The predicted molar refractivity (Wildman–Crippen MR) is 71.6 cm³/mol. The summed E-state index contributed by atoms with van der Waals surface area (Å²) in [6, 6.07) is 12.7. The Bertz CT molecular complexity index is 593. The van der Waals surface area contributed by atoms with Crippen molar-refractivity contribution in [1.82, 2.24) is 0 Å². The van der Waals surface area contributed by atoms with Crippen LogP contribution in [-0.2, 0) is 15.1 Å². The summed E-state index contributed by atoms with van der Waals surface area (Å²) in [6.07, 6.45) is 0. The molecule has 19 heavy (non-hydrogen) atoms. The highest BCUT2D eigenvalue weighted by atomic mass is 16.6. The zero-order chi connectivity index (χ0) is 13.9. The minimum atomic E-state index is -2.01. The van der Waals surface area contributed by atoms with Gasteiger partial charge in [-0.15, -0.1) is 0 Å². The monoisotopic (exact) mass is 260 g/mol. The first-order valence-corrected chi connectivity index (χ1v) is 6.11. The summed E-state index contributed by atoms with van der Waals surface area (Å²) < 4.78 is 4.82. The molecule has 100 valence electrons. The number of ether oxygens (including phenoxy) is 1. The number of hydrogen-bond donors (Lipinski definition) is 2. The summed E-state index contributed by atoms with van der Waals surface area (Å²) in [5, 5.41) is 21.6. The Labute approximate surface area is 111 Å². The van der Waals surface area contributed by atoms with E-state index < -0.39 is 18.2 Å². The molecule has 2 N–H and O–H groups in total. The van der Waals surface area contributed by atoms with Crippen LogP contribution in [0.3, 0.4) is 0 Å². The fourth-order valence-corrected chi connectivity index (χ4v) is 1.97. The highest BCUT2D eigenvalue weighted by Gasteiger charge is 2.39. The highest BCUT2D eigenvalue weighted by Crippen LogP contribution is 2.26. The summed E-state index contributed by atoms with van der Waals surface area (Å²) in [6.45, 7) is 1.08. The molecule has 2 rings (SSSR count). The normalized spacial score (nSPS) is 14.1. The molecule has 1 atom stereocenters. The number of hydrogen-bond acceptors (Lipinski definition) is 4. The molecule has 0 heterocycles. The van der Waals surface area contributed by atoms with E-state index in [1.807, 2.05) is 24.3 Å². The molecule has 0 saturated carbocycles. The molecular formula is C15H16O4. The maximum atomic E-state index is 11.8. The Morgan fingerprint density at radius 2 is 1.89 bits per heavy atom. The van der Waals surface area contributed by atoms with E-state index in [1.54, 1.807) is 25.1 Å². The average Bonchev–Trinajstić information content (AvgIpc) is 2.46. The summed E-state index contributed by atoms with van der Waals surface area (Å²) in [4.78, 5) is 11.8. The zero-order valence-corrected chi connectivity index (χ0v) is 10.7. The molecule has 0 aliphatic carbocycles. The van der Waals surface area contributed by atoms with Gasteiger partial charge < -0.3 is 14.9 Å². The molecule has 2 aromatic carbocycles. The topological polar surface area (TPSA) is 66.8 Å². The van der Waals surface area contributed by atoms with Crippen LogP contribution in [0, 0.1) is 0 Å². The van der Waals surface area contributed by atoms with Gasteiger partial charge in [0.05, 0.1) is 13.2 Å². The number of carbonyl (C=O) groups excluding carboxylic acids is 1. The van der Waals surface area contributed by atoms with Gasteiger partial charge in [0.1, 0.15) is 0 Å². The van der Waals surface area contributed by atoms with Crippen molar-refractivity contribution in [2.24, 2.45) is 0 Å². The number of esters is 1. The van der Waals surface area contributed by atoms with Crippen molar-refractivity contribution in [3.8, 4) is 0 Å². The first kappa shape index (κ1) is 13.5. The third-order valence-electron chi connectivity index (χ3n) is 3.07. The molecule has 0 radical (unpaired) electrons. The van der Waals surface area contributed by atoms with Crippen molar-refractivity contribution in [2.45, 2.75) is 12.5 Å². The van der Waals surface area contributed by atoms with Crippen LogP contribution < -0.4 is 0 Å². The van der Waals surface area contributed by atoms with Crippen molar-refractivity contribution < 1.29 is 19.7 Å². The maximum absolute atomic E-state index is 11.8. The van der Waals surface area contributed by atoms with Crippen molar-refractivity contribution >= 4 is 16.7 Å². The van der Waals surface area contributed by atoms with Crippen molar-refractivity contribution in [1.29, 1.82) is 0 Å². The third-order valence-corrected chi connectivity index (χ3v) is 3.07. The van der Waals surface area contributed by atoms with E-state index in [4.69, 9.17) is 4.74 Å². The van der Waals surface area contributed by atoms with Crippen LogP contribution in [0.15, 0.2) is 42.5 Å². The molecule has 4 heteroatoms. The van der Waals surface area contributed by atoms with Gasteiger partial charge in [-0.05, 0) is 29.3 Å². The molecular weight excluding hydrogens is 244 g/mol. The molecule has 0 aliphatic heterocycles. The first-order chi connectivity index (χ1) is 9.11. The van der Waals surface area contributed by atoms with Gasteiger partial charge in [0.2, 0.25) is 5.60 Å². The molecule has 0 saturated heterocycles. The van der Waals surface area contributed by atoms with Crippen molar-refractivity contribution in [3.63, 3.8) is 0 Å². The molecule has 0 unspecified atom stereocenters. The standard InChI is InChI=1S/C15H16O4/c1-2-19-14(17)15(18,10-16)13-8-7-11-5-3-4-6-12(11)9-13/h3-9,16,18H,2,10H2,1H3/t15-/m0/s1. The number of rotatable bonds is 4. The van der Waals surface area contributed by atoms with Gasteiger partial charge in [0.25, 0.3) is 0 Å². The van der Waals surface area contributed by atoms with Gasteiger partial charge in [0, 0.05) is 0 Å². The van der Waals surface area contributed by atoms with E-state index in [0.717, 1.165) is 10.8 Å². The van der Waals surface area contributed by atoms with E-state index >= 15 is 0 Å². The van der Waals surface area contributed by atoms with Crippen LogP contribution in [-0.4, -0.2) is 29.4 Å². The SMILES string of the molecule is CCOC(=O)[C@](O)(CO)c1ccc2ccccc2c1. The van der Waals surface area contributed by atoms with E-state index in [9.17, 15) is 15.0 Å². The largest absolute Gasteiger partial charge is 0.464 e. The Morgan fingerprint density at radius 3 is 2.53 bits per heavy atom. The predicted octanol–water partition coefficient (Wildman–Crippen LogP) is 1.58. The highest BCUT2D eigenvalue weighted by molar-refractivity contribution is 5.87. The van der Waals surface area contributed by atoms with Gasteiger partial charge in [0.15, 0.2) is 0 Å². The lowest BCUT2D eigenvalue weighted by Gasteiger charge is -2.24. The fourth-order valence-electron chi connectivity index (χ4n) is 1.97. The van der Waals surface area contributed by atoms with Gasteiger partial charge in [-0.3, -0.25) is 0 Å². The van der Waals surface area contributed by atoms with Gasteiger partial charge >= 0.3 is 5.97 Å². The molecule has 2 aromatic rings. The van der Waals surface area contributed by atoms with E-state index in [0.29, 0.717) is 5.56 Å². The third kappa shape index (κ3) is 2.45. The van der Waals surface area contributed by atoms with E-state index in [1.165, 1.54) is 0 Å². The second-order valence-corrected chi connectivity index (χ2v) is 4.30. The summed E-state index contributed by atoms with van der Waals surface area (Å²) in [5.74, 6) is -0.840. The number of aliphatic hydroxyl groups excluding tert-OH is 1. The van der Waals surface area contributed by atoms with Crippen LogP contribution in [0.2, 0.25) is 0 Å². The first-order valence-electron chi connectivity index (χ1n) is 6.11. The van der Waals surface area contributed by atoms with Crippen LogP contribution in [0.5, 0.6) is 0 Å². The molecule has 0 aliphatic rings. The summed E-state index contributed by atoms with van der Waals surface area (Å²) >= 11 is 0. The van der Waals surface area contributed by atoms with Crippen molar-refractivity contribution in [3.05, 3.63) is 48.0 Å². The van der Waals surface area contributed by atoms with E-state index in [2.05, 4.69) is 0 Å². The Morgan fingerprint density at radius 1 is 1.21 bits per heavy atom. The van der Waals surface area contributed by atoms with Crippen LogP contribution >= 0.6 is 0 Å². The van der Waals surface area contributed by atoms with Crippen LogP contribution in [0.1, 0.15) is 12.5 Å². The fraction of sp³-hybridized carbons (Fsp3) is 0.267. The summed E-state index contributed by atoms with van der Waals surface area (Å²) in [5.41, 5.74) is -1.69. The number of aliphatic hydroxyl groups is 2. The molecule has 0 amide bonds. The van der Waals surface area contributed by atoms with Gasteiger partial charge in [-0.25, -0.2) is 4.79 Å². The molecule has 4 nitrogen and oxygen atoms in total. The lowest BCUT2D eigenvalue weighted by Crippen LogP contribution is -2.40. The Kier molecular flexibility index (Phi) is 3.83. The molecule has 0 spiro atoms.